The van der Waals surface area contributed by atoms with Crippen molar-refractivity contribution in [1.29, 1.82) is 0 Å². The Balaban J connectivity index is 1.41. The molecule has 1 aliphatic carbocycles. The Morgan fingerprint density at radius 2 is 1.53 bits per heavy atom. The molecule has 0 bridgehead atoms. The topological polar surface area (TPSA) is 70.6 Å². The quantitative estimate of drug-likeness (QED) is 0.478. The number of fused-ring (bicyclic) bond motifs is 3. The average molecular weight is 431 g/mol. The zero-order chi connectivity index (χ0) is 22.3. The van der Waals surface area contributed by atoms with Crippen molar-refractivity contribution >= 4 is 6.09 Å². The predicted molar refractivity (Wildman–Crippen MR) is 127 cm³/mol. The fraction of sp³-hybridized carbons (Fsp3) is 0.296. The van der Waals surface area contributed by atoms with E-state index in [1.54, 1.807) is 0 Å². The minimum atomic E-state index is -0.425. The van der Waals surface area contributed by atoms with Crippen LogP contribution in [-0.2, 0) is 11.2 Å². The van der Waals surface area contributed by atoms with Gasteiger partial charge in [0.25, 0.3) is 0 Å². The molecular weight excluding hydrogens is 400 g/mol. The molecule has 0 aliphatic heterocycles. The summed E-state index contributed by atoms with van der Waals surface area (Å²) in [4.78, 5) is 12.7. The second-order valence-electron chi connectivity index (χ2n) is 8.35. The molecule has 2 atom stereocenters. The van der Waals surface area contributed by atoms with Gasteiger partial charge in [-0.3, -0.25) is 0 Å². The molecule has 3 N–H and O–H groups in total. The van der Waals surface area contributed by atoms with Crippen LogP contribution in [0.3, 0.4) is 0 Å². The second kappa shape index (κ2) is 10.4. The number of aliphatic hydroxyl groups excluding tert-OH is 1. The zero-order valence-electron chi connectivity index (χ0n) is 18.3. The van der Waals surface area contributed by atoms with E-state index < -0.39 is 6.09 Å². The first-order valence-electron chi connectivity index (χ1n) is 11.2. The maximum atomic E-state index is 12.7. The first kappa shape index (κ1) is 22.1. The number of hydrogen-bond acceptors (Lipinski definition) is 4. The van der Waals surface area contributed by atoms with E-state index in [1.165, 1.54) is 22.3 Å². The number of carbonyl (C=O) groups is 1. The molecule has 5 nitrogen and oxygen atoms in total. The molecule has 0 spiro atoms. The molecule has 166 valence electrons. The normalized spacial score (nSPS) is 14.3. The van der Waals surface area contributed by atoms with Gasteiger partial charge in [-0.25, -0.2) is 4.79 Å². The van der Waals surface area contributed by atoms with Gasteiger partial charge in [0.05, 0.1) is 6.61 Å². The molecule has 0 saturated carbocycles. The van der Waals surface area contributed by atoms with Crippen molar-refractivity contribution in [2.45, 2.75) is 31.3 Å². The highest BCUT2D eigenvalue weighted by atomic mass is 16.5. The molecule has 3 aromatic carbocycles. The van der Waals surface area contributed by atoms with E-state index in [-0.39, 0.29) is 24.6 Å². The van der Waals surface area contributed by atoms with Crippen LogP contribution < -0.4 is 10.6 Å². The highest BCUT2D eigenvalue weighted by Gasteiger charge is 2.29. The SMILES string of the molecule is C[C@@H](CO)NC[C@H](Cc1ccccc1)NC(=O)OCC1c2ccccc2-c2ccccc21. The summed E-state index contributed by atoms with van der Waals surface area (Å²) in [5, 5.41) is 15.6. The van der Waals surface area contributed by atoms with Crippen molar-refractivity contribution in [3.8, 4) is 11.1 Å². The number of ether oxygens (including phenoxy) is 1. The molecular formula is C27H30N2O3. The number of hydrogen-bond donors (Lipinski definition) is 3. The lowest BCUT2D eigenvalue weighted by Gasteiger charge is -2.22. The first-order valence-corrected chi connectivity index (χ1v) is 11.2. The number of alkyl carbamates (subject to hydrolysis) is 1. The summed E-state index contributed by atoms with van der Waals surface area (Å²) < 4.78 is 5.71. The summed E-state index contributed by atoms with van der Waals surface area (Å²) in [5.41, 5.74) is 5.94. The average Bonchev–Trinajstić information content (AvgIpc) is 3.15. The lowest BCUT2D eigenvalue weighted by atomic mass is 9.98. The molecule has 32 heavy (non-hydrogen) atoms. The molecule has 4 rings (SSSR count). The molecule has 0 heterocycles. The van der Waals surface area contributed by atoms with Crippen LogP contribution in [-0.4, -0.2) is 43.0 Å². The van der Waals surface area contributed by atoms with Gasteiger partial charge in [0, 0.05) is 24.5 Å². The Bertz CT molecular complexity index is 992. The van der Waals surface area contributed by atoms with Gasteiger partial charge in [0.1, 0.15) is 6.61 Å². The van der Waals surface area contributed by atoms with Gasteiger partial charge in [0.2, 0.25) is 0 Å². The van der Waals surface area contributed by atoms with Crippen LogP contribution in [0.25, 0.3) is 11.1 Å². The number of nitrogens with one attached hydrogen (secondary N) is 2. The Kier molecular flexibility index (Phi) is 7.20. The molecule has 0 radical (unpaired) electrons. The minimum absolute atomic E-state index is 0.0354. The van der Waals surface area contributed by atoms with Crippen LogP contribution in [0, 0.1) is 0 Å². The number of benzene rings is 3. The summed E-state index contributed by atoms with van der Waals surface area (Å²) in [7, 11) is 0. The summed E-state index contributed by atoms with van der Waals surface area (Å²) in [6.07, 6.45) is 0.252. The predicted octanol–water partition coefficient (Wildman–Crippen LogP) is 4.11. The van der Waals surface area contributed by atoms with E-state index >= 15 is 0 Å². The molecule has 1 amide bonds. The third-order valence-corrected chi connectivity index (χ3v) is 5.98. The maximum absolute atomic E-state index is 12.7. The Labute approximate surface area is 189 Å². The fourth-order valence-electron chi connectivity index (χ4n) is 4.29. The van der Waals surface area contributed by atoms with Gasteiger partial charge in [-0.1, -0.05) is 78.9 Å². The minimum Gasteiger partial charge on any atom is -0.449 e. The van der Waals surface area contributed by atoms with E-state index in [0.717, 1.165) is 5.56 Å². The van der Waals surface area contributed by atoms with Crippen LogP contribution in [0.1, 0.15) is 29.5 Å². The van der Waals surface area contributed by atoms with Crippen molar-refractivity contribution in [2.24, 2.45) is 0 Å². The molecule has 0 fully saturated rings. The highest BCUT2D eigenvalue weighted by Crippen LogP contribution is 2.44. The summed E-state index contributed by atoms with van der Waals surface area (Å²) in [5.74, 6) is 0.0354. The van der Waals surface area contributed by atoms with Crippen LogP contribution in [0.4, 0.5) is 4.79 Å². The van der Waals surface area contributed by atoms with Crippen LogP contribution >= 0.6 is 0 Å². The lowest BCUT2D eigenvalue weighted by molar-refractivity contribution is 0.138. The van der Waals surface area contributed by atoms with Crippen LogP contribution in [0.15, 0.2) is 78.9 Å². The van der Waals surface area contributed by atoms with Gasteiger partial charge in [0.15, 0.2) is 0 Å². The molecule has 5 heteroatoms. The molecule has 3 aromatic rings. The monoisotopic (exact) mass is 430 g/mol. The second-order valence-corrected chi connectivity index (χ2v) is 8.35. The summed E-state index contributed by atoms with van der Waals surface area (Å²) >= 11 is 0. The van der Waals surface area contributed by atoms with Gasteiger partial charge in [-0.15, -0.1) is 0 Å². The summed E-state index contributed by atoms with van der Waals surface area (Å²) in [6.45, 7) is 2.79. The smallest absolute Gasteiger partial charge is 0.407 e. The van der Waals surface area contributed by atoms with Crippen molar-refractivity contribution in [3.63, 3.8) is 0 Å². The Morgan fingerprint density at radius 3 is 2.16 bits per heavy atom. The van der Waals surface area contributed by atoms with Gasteiger partial charge >= 0.3 is 6.09 Å². The molecule has 0 saturated heterocycles. The van der Waals surface area contributed by atoms with Gasteiger partial charge < -0.3 is 20.5 Å². The summed E-state index contributed by atoms with van der Waals surface area (Å²) in [6, 6.07) is 26.5. The number of amides is 1. The third-order valence-electron chi connectivity index (χ3n) is 5.98. The molecule has 0 aromatic heterocycles. The van der Waals surface area contributed by atoms with Crippen LogP contribution in [0.2, 0.25) is 0 Å². The van der Waals surface area contributed by atoms with Crippen molar-refractivity contribution in [1.82, 2.24) is 10.6 Å². The van der Waals surface area contributed by atoms with Gasteiger partial charge in [-0.05, 0) is 41.2 Å². The number of rotatable bonds is 9. The zero-order valence-corrected chi connectivity index (χ0v) is 18.3. The maximum Gasteiger partial charge on any atom is 0.407 e. The first-order chi connectivity index (χ1) is 15.7. The van der Waals surface area contributed by atoms with Crippen LogP contribution in [0.5, 0.6) is 0 Å². The highest BCUT2D eigenvalue weighted by molar-refractivity contribution is 5.79. The largest absolute Gasteiger partial charge is 0.449 e. The fourth-order valence-corrected chi connectivity index (χ4v) is 4.29. The standard InChI is InChI=1S/C27H30N2O3/c1-19(17-30)28-16-21(15-20-9-3-2-4-10-20)29-27(31)32-18-26-24-13-7-5-11-22(24)23-12-6-8-14-25(23)26/h2-14,19,21,26,28,30H,15-18H2,1H3,(H,29,31)/t19-,21-/m0/s1. The molecule has 0 unspecified atom stereocenters. The van der Waals surface area contributed by atoms with Gasteiger partial charge in [-0.2, -0.15) is 0 Å². The Hall–Kier alpha value is -3.15. The van der Waals surface area contributed by atoms with E-state index in [9.17, 15) is 9.90 Å². The third kappa shape index (κ3) is 5.18. The van der Waals surface area contributed by atoms with E-state index in [1.807, 2.05) is 61.5 Å². The molecule has 1 aliphatic rings. The van der Waals surface area contributed by atoms with E-state index in [2.05, 4.69) is 34.9 Å². The Morgan fingerprint density at radius 1 is 0.938 bits per heavy atom. The lowest BCUT2D eigenvalue weighted by Crippen LogP contribution is -2.46. The van der Waals surface area contributed by atoms with Crippen molar-refractivity contribution in [2.75, 3.05) is 19.8 Å². The van der Waals surface area contributed by atoms with E-state index in [4.69, 9.17) is 4.74 Å². The van der Waals surface area contributed by atoms with Crippen molar-refractivity contribution in [3.05, 3.63) is 95.6 Å². The van der Waals surface area contributed by atoms with E-state index in [0.29, 0.717) is 19.6 Å². The van der Waals surface area contributed by atoms with Crippen molar-refractivity contribution < 1.29 is 14.6 Å². The number of carbonyl (C=O) groups excluding carboxylic acids is 1. The number of aliphatic hydroxyl groups is 1.